The first-order valence-corrected chi connectivity index (χ1v) is 12.5. The van der Waals surface area contributed by atoms with E-state index in [4.69, 9.17) is 33.2 Å². The van der Waals surface area contributed by atoms with Gasteiger partial charge >= 0.3 is 5.97 Å². The minimum Gasteiger partial charge on any atom is -0.493 e. The molecule has 0 fully saturated rings. The van der Waals surface area contributed by atoms with E-state index in [9.17, 15) is 9.59 Å². The molecule has 3 aromatic carbocycles. The highest BCUT2D eigenvalue weighted by molar-refractivity contribution is 5.86. The molecule has 40 heavy (non-hydrogen) atoms. The predicted octanol–water partition coefficient (Wildman–Crippen LogP) is 4.23. The molecule has 0 saturated carbocycles. The Balaban J connectivity index is 1.93. The van der Waals surface area contributed by atoms with Crippen molar-refractivity contribution >= 4 is 11.9 Å². The van der Waals surface area contributed by atoms with Crippen molar-refractivity contribution in [3.63, 3.8) is 0 Å². The summed E-state index contributed by atoms with van der Waals surface area (Å²) in [5, 5.41) is 2.96. The molecule has 0 heterocycles. The van der Waals surface area contributed by atoms with Gasteiger partial charge in [-0.2, -0.15) is 0 Å². The van der Waals surface area contributed by atoms with Crippen LogP contribution in [0.4, 0.5) is 0 Å². The zero-order valence-electron chi connectivity index (χ0n) is 23.8. The van der Waals surface area contributed by atoms with Crippen LogP contribution in [-0.2, 0) is 22.4 Å². The van der Waals surface area contributed by atoms with E-state index in [-0.39, 0.29) is 18.1 Å². The van der Waals surface area contributed by atoms with Crippen molar-refractivity contribution in [1.29, 1.82) is 0 Å². The van der Waals surface area contributed by atoms with Crippen molar-refractivity contribution in [2.75, 3.05) is 49.2 Å². The van der Waals surface area contributed by atoms with Gasteiger partial charge in [-0.25, -0.2) is 0 Å². The second kappa shape index (κ2) is 14.0. The molecule has 0 aliphatic heterocycles. The maximum Gasteiger partial charge on any atom is 0.308 e. The van der Waals surface area contributed by atoms with Gasteiger partial charge < -0.3 is 38.5 Å². The van der Waals surface area contributed by atoms with Crippen LogP contribution in [0.3, 0.4) is 0 Å². The number of esters is 1. The molecule has 3 aromatic rings. The van der Waals surface area contributed by atoms with Gasteiger partial charge in [0.05, 0.1) is 49.1 Å². The first-order valence-electron chi connectivity index (χ1n) is 12.5. The summed E-state index contributed by atoms with van der Waals surface area (Å²) in [6, 6.07) is 12.4. The number of ether oxygens (including phenoxy) is 7. The van der Waals surface area contributed by atoms with Crippen LogP contribution in [0.15, 0.2) is 42.5 Å². The standard InChI is InChI=1S/C30H35NO9/c1-18(32)40-24-17-29(39-7)28(38-6)16-22(24)21-15-27(37-5)26(36-4)13-20(21)14-30(33)31-11-10-19-8-9-23(34-2)25(12-19)35-3/h8-9,12-13,15-17H,10-11,14H2,1-7H3,(H,31,33). The van der Waals surface area contributed by atoms with Crippen LogP contribution in [0.5, 0.6) is 40.2 Å². The van der Waals surface area contributed by atoms with Crippen LogP contribution in [0.1, 0.15) is 18.1 Å². The molecule has 214 valence electrons. The van der Waals surface area contributed by atoms with Crippen LogP contribution in [0.25, 0.3) is 11.1 Å². The van der Waals surface area contributed by atoms with Crippen molar-refractivity contribution in [2.45, 2.75) is 19.8 Å². The molecule has 0 spiro atoms. The molecule has 3 rings (SSSR count). The van der Waals surface area contributed by atoms with E-state index in [1.807, 2.05) is 18.2 Å². The third kappa shape index (κ3) is 7.07. The molecule has 10 heteroatoms. The molecular formula is C30H35NO9. The summed E-state index contributed by atoms with van der Waals surface area (Å²) in [4.78, 5) is 25.0. The third-order valence-electron chi connectivity index (χ3n) is 6.17. The highest BCUT2D eigenvalue weighted by Gasteiger charge is 2.22. The summed E-state index contributed by atoms with van der Waals surface area (Å²) in [6.45, 7) is 1.72. The van der Waals surface area contributed by atoms with Crippen molar-refractivity contribution in [2.24, 2.45) is 0 Å². The van der Waals surface area contributed by atoms with Gasteiger partial charge in [-0.05, 0) is 53.4 Å². The molecule has 10 nitrogen and oxygen atoms in total. The molecule has 0 aliphatic rings. The summed E-state index contributed by atoms with van der Waals surface area (Å²) >= 11 is 0. The van der Waals surface area contributed by atoms with Crippen molar-refractivity contribution in [3.05, 3.63) is 53.6 Å². The molecule has 0 saturated heterocycles. The van der Waals surface area contributed by atoms with Crippen LogP contribution in [-0.4, -0.2) is 61.1 Å². The lowest BCUT2D eigenvalue weighted by atomic mass is 9.95. The Bertz CT molecular complexity index is 1350. The highest BCUT2D eigenvalue weighted by Crippen LogP contribution is 2.44. The van der Waals surface area contributed by atoms with E-state index in [0.29, 0.717) is 64.2 Å². The Morgan fingerprint density at radius 1 is 0.625 bits per heavy atom. The fourth-order valence-corrected chi connectivity index (χ4v) is 4.25. The highest BCUT2D eigenvalue weighted by atomic mass is 16.5. The second-order valence-electron chi connectivity index (χ2n) is 8.63. The molecule has 0 radical (unpaired) electrons. The Hall–Kier alpha value is -4.60. The van der Waals surface area contributed by atoms with Crippen LogP contribution in [0, 0.1) is 0 Å². The Morgan fingerprint density at radius 3 is 1.73 bits per heavy atom. The van der Waals surface area contributed by atoms with Gasteiger partial charge in [0, 0.05) is 25.1 Å². The van der Waals surface area contributed by atoms with E-state index in [1.54, 1.807) is 38.5 Å². The SMILES string of the molecule is COc1ccc(CCNC(=O)Cc2cc(OC)c(OC)cc2-c2cc(OC)c(OC)cc2OC(C)=O)cc1OC. The van der Waals surface area contributed by atoms with E-state index in [0.717, 1.165) is 5.56 Å². The monoisotopic (exact) mass is 553 g/mol. The first kappa shape index (κ1) is 29.9. The third-order valence-corrected chi connectivity index (χ3v) is 6.17. The average molecular weight is 554 g/mol. The number of carbonyl (C=O) groups is 2. The number of benzene rings is 3. The summed E-state index contributed by atoms with van der Waals surface area (Å²) in [5.74, 6) is 2.50. The summed E-state index contributed by atoms with van der Waals surface area (Å²) < 4.78 is 38.1. The van der Waals surface area contributed by atoms with Gasteiger partial charge in [-0.15, -0.1) is 0 Å². The number of rotatable bonds is 13. The predicted molar refractivity (Wildman–Crippen MR) is 149 cm³/mol. The van der Waals surface area contributed by atoms with E-state index < -0.39 is 5.97 Å². The first-order chi connectivity index (χ1) is 19.3. The number of hydrogen-bond donors (Lipinski definition) is 1. The molecule has 0 aromatic heterocycles. The summed E-state index contributed by atoms with van der Waals surface area (Å²) in [7, 11) is 9.19. The fraction of sp³-hybridized carbons (Fsp3) is 0.333. The Kier molecular flexibility index (Phi) is 10.5. The van der Waals surface area contributed by atoms with Gasteiger partial charge in [0.25, 0.3) is 0 Å². The van der Waals surface area contributed by atoms with Gasteiger partial charge in [-0.3, -0.25) is 9.59 Å². The van der Waals surface area contributed by atoms with Gasteiger partial charge in [0.2, 0.25) is 5.91 Å². The van der Waals surface area contributed by atoms with Crippen molar-refractivity contribution in [3.8, 4) is 51.4 Å². The summed E-state index contributed by atoms with van der Waals surface area (Å²) in [6.07, 6.45) is 0.618. The second-order valence-corrected chi connectivity index (χ2v) is 8.63. The van der Waals surface area contributed by atoms with Crippen molar-refractivity contribution < 1.29 is 42.7 Å². The lowest BCUT2D eigenvalue weighted by Gasteiger charge is -2.19. The summed E-state index contributed by atoms with van der Waals surface area (Å²) in [5.41, 5.74) is 2.73. The lowest BCUT2D eigenvalue weighted by Crippen LogP contribution is -2.27. The van der Waals surface area contributed by atoms with E-state index in [1.165, 1.54) is 35.4 Å². The largest absolute Gasteiger partial charge is 0.493 e. The van der Waals surface area contributed by atoms with Gasteiger partial charge in [-0.1, -0.05) is 6.07 Å². The Morgan fingerprint density at radius 2 is 1.15 bits per heavy atom. The van der Waals surface area contributed by atoms with Crippen LogP contribution >= 0.6 is 0 Å². The quantitative estimate of drug-likeness (QED) is 0.246. The van der Waals surface area contributed by atoms with Gasteiger partial charge in [0.1, 0.15) is 5.75 Å². The molecule has 0 aliphatic carbocycles. The topological polar surface area (TPSA) is 111 Å². The molecule has 0 bridgehead atoms. The maximum absolute atomic E-state index is 13.1. The maximum atomic E-state index is 13.1. The molecule has 0 unspecified atom stereocenters. The molecule has 0 atom stereocenters. The average Bonchev–Trinajstić information content (AvgIpc) is 2.96. The van der Waals surface area contributed by atoms with Gasteiger partial charge in [0.15, 0.2) is 34.5 Å². The number of methoxy groups -OCH3 is 6. The zero-order valence-corrected chi connectivity index (χ0v) is 23.8. The molecule has 1 amide bonds. The smallest absolute Gasteiger partial charge is 0.308 e. The minimum absolute atomic E-state index is 0.0233. The Labute approximate surface area is 234 Å². The normalized spacial score (nSPS) is 10.4. The van der Waals surface area contributed by atoms with E-state index in [2.05, 4.69) is 5.32 Å². The number of amides is 1. The molecule has 1 N–H and O–H groups in total. The van der Waals surface area contributed by atoms with Crippen molar-refractivity contribution in [1.82, 2.24) is 5.32 Å². The zero-order chi connectivity index (χ0) is 29.2. The van der Waals surface area contributed by atoms with Crippen LogP contribution < -0.4 is 38.5 Å². The van der Waals surface area contributed by atoms with E-state index >= 15 is 0 Å². The fourth-order valence-electron chi connectivity index (χ4n) is 4.25. The minimum atomic E-state index is -0.511. The number of hydrogen-bond acceptors (Lipinski definition) is 9. The lowest BCUT2D eigenvalue weighted by molar-refractivity contribution is -0.131. The number of carbonyl (C=O) groups excluding carboxylic acids is 2. The number of nitrogens with one attached hydrogen (secondary N) is 1. The molecular weight excluding hydrogens is 518 g/mol. The van der Waals surface area contributed by atoms with Crippen LogP contribution in [0.2, 0.25) is 0 Å².